The lowest BCUT2D eigenvalue weighted by Gasteiger charge is -2.43. The van der Waals surface area contributed by atoms with E-state index in [-0.39, 0.29) is 11.7 Å². The molecule has 33 heavy (non-hydrogen) atoms. The number of hydrogen-bond donors (Lipinski definition) is 2. The van der Waals surface area contributed by atoms with Crippen LogP contribution in [0, 0.1) is 17.8 Å². The first kappa shape index (κ1) is 20.2. The lowest BCUT2D eigenvalue weighted by atomic mass is 9.68. The van der Waals surface area contributed by atoms with Crippen molar-refractivity contribution in [3.05, 3.63) is 95.1 Å². The zero-order valence-electron chi connectivity index (χ0n) is 18.8. The molecule has 0 saturated heterocycles. The average Bonchev–Trinajstić information content (AvgIpc) is 3.47. The third-order valence-corrected chi connectivity index (χ3v) is 8.04. The standard InChI is InChI=1S/C29H28N2O2/c1-17(32)19-8-5-9-23(15-19)30-29(33)22-12-13-25-24(16-22)26-20-10-11-21(14-20)27(26)28(31-25)18-6-3-2-4-7-18/h2-9,12-13,15-16,20-21,26-28,31H,10-11,14H2,1H3,(H,30,33)/t20-,21-,26+,27-,28-/m0/s1. The Balaban J connectivity index is 1.33. The minimum atomic E-state index is -0.136. The first-order valence-corrected chi connectivity index (χ1v) is 12.0. The topological polar surface area (TPSA) is 58.2 Å². The first-order chi connectivity index (χ1) is 16.1. The molecular formula is C29H28N2O2. The Hall–Kier alpha value is -3.40. The highest BCUT2D eigenvalue weighted by Crippen LogP contribution is 2.63. The number of carbonyl (C=O) groups excluding carboxylic acids is 2. The van der Waals surface area contributed by atoms with Crippen LogP contribution in [0.25, 0.3) is 0 Å². The zero-order chi connectivity index (χ0) is 22.5. The monoisotopic (exact) mass is 436 g/mol. The molecule has 1 aliphatic heterocycles. The average molecular weight is 437 g/mol. The van der Waals surface area contributed by atoms with E-state index >= 15 is 0 Å². The molecule has 5 atom stereocenters. The van der Waals surface area contributed by atoms with Crippen LogP contribution in [-0.2, 0) is 0 Å². The van der Waals surface area contributed by atoms with Gasteiger partial charge < -0.3 is 10.6 Å². The van der Waals surface area contributed by atoms with Crippen LogP contribution >= 0.6 is 0 Å². The second-order valence-electron chi connectivity index (χ2n) is 9.86. The van der Waals surface area contributed by atoms with Crippen molar-refractivity contribution < 1.29 is 9.59 Å². The van der Waals surface area contributed by atoms with Gasteiger partial charge in [0.25, 0.3) is 5.91 Å². The van der Waals surface area contributed by atoms with E-state index in [1.807, 2.05) is 12.1 Å². The fourth-order valence-corrected chi connectivity index (χ4v) is 6.64. The minimum Gasteiger partial charge on any atom is -0.378 e. The number of hydrogen-bond acceptors (Lipinski definition) is 3. The van der Waals surface area contributed by atoms with Crippen LogP contribution < -0.4 is 10.6 Å². The summed E-state index contributed by atoms with van der Waals surface area (Å²) in [6.07, 6.45) is 3.91. The van der Waals surface area contributed by atoms with Crippen LogP contribution in [0.1, 0.15) is 70.0 Å². The summed E-state index contributed by atoms with van der Waals surface area (Å²) in [7, 11) is 0. The summed E-state index contributed by atoms with van der Waals surface area (Å²) in [4.78, 5) is 24.8. The van der Waals surface area contributed by atoms with E-state index in [9.17, 15) is 9.59 Å². The minimum absolute atomic E-state index is 0.0127. The van der Waals surface area contributed by atoms with E-state index in [0.29, 0.717) is 40.6 Å². The molecule has 2 fully saturated rings. The number of amides is 1. The summed E-state index contributed by atoms with van der Waals surface area (Å²) < 4.78 is 0. The van der Waals surface area contributed by atoms with Gasteiger partial charge in [-0.2, -0.15) is 0 Å². The van der Waals surface area contributed by atoms with E-state index in [1.165, 1.54) is 37.3 Å². The van der Waals surface area contributed by atoms with Gasteiger partial charge in [-0.05, 0) is 91.3 Å². The normalized spacial score (nSPS) is 26.8. The molecule has 0 spiro atoms. The number of ketones is 1. The van der Waals surface area contributed by atoms with Crippen molar-refractivity contribution in [1.82, 2.24) is 0 Å². The number of anilines is 2. The van der Waals surface area contributed by atoms with Gasteiger partial charge in [0, 0.05) is 22.5 Å². The third kappa shape index (κ3) is 3.45. The zero-order valence-corrected chi connectivity index (χ0v) is 18.8. The number of rotatable bonds is 4. The number of benzene rings is 3. The molecule has 2 bridgehead atoms. The van der Waals surface area contributed by atoms with Crippen LogP contribution in [0.15, 0.2) is 72.8 Å². The van der Waals surface area contributed by atoms with Crippen molar-refractivity contribution in [1.29, 1.82) is 0 Å². The number of carbonyl (C=O) groups is 2. The van der Waals surface area contributed by atoms with Crippen LogP contribution in [0.5, 0.6) is 0 Å². The lowest BCUT2D eigenvalue weighted by Crippen LogP contribution is -2.35. The molecule has 0 aromatic heterocycles. The van der Waals surface area contributed by atoms with Crippen LogP contribution in [-0.4, -0.2) is 11.7 Å². The smallest absolute Gasteiger partial charge is 0.255 e. The molecule has 166 valence electrons. The van der Waals surface area contributed by atoms with E-state index in [0.717, 1.165) is 11.6 Å². The Kier molecular flexibility index (Phi) is 4.83. The summed E-state index contributed by atoms with van der Waals surface area (Å²) in [5, 5.41) is 6.81. The van der Waals surface area contributed by atoms with Gasteiger partial charge in [-0.3, -0.25) is 9.59 Å². The second kappa shape index (κ2) is 7.87. The highest BCUT2D eigenvalue weighted by molar-refractivity contribution is 6.05. The Morgan fingerprint density at radius 3 is 2.52 bits per heavy atom. The maximum Gasteiger partial charge on any atom is 0.255 e. The summed E-state index contributed by atoms with van der Waals surface area (Å²) in [5.41, 5.74) is 5.73. The molecule has 0 radical (unpaired) electrons. The lowest BCUT2D eigenvalue weighted by molar-refractivity contribution is 0.101. The second-order valence-corrected chi connectivity index (χ2v) is 9.86. The predicted octanol–water partition coefficient (Wildman–Crippen LogP) is 6.44. The molecule has 3 aromatic carbocycles. The van der Waals surface area contributed by atoms with E-state index in [4.69, 9.17) is 0 Å². The molecule has 2 saturated carbocycles. The van der Waals surface area contributed by atoms with Crippen molar-refractivity contribution in [2.24, 2.45) is 17.8 Å². The molecule has 4 nitrogen and oxygen atoms in total. The Morgan fingerprint density at radius 1 is 0.879 bits per heavy atom. The van der Waals surface area contributed by atoms with Crippen LogP contribution in [0.3, 0.4) is 0 Å². The summed E-state index contributed by atoms with van der Waals surface area (Å²) in [6, 6.07) is 24.3. The van der Waals surface area contributed by atoms with Gasteiger partial charge in [0.15, 0.2) is 5.78 Å². The highest BCUT2D eigenvalue weighted by Gasteiger charge is 2.53. The van der Waals surface area contributed by atoms with Crippen LogP contribution in [0.4, 0.5) is 11.4 Å². The van der Waals surface area contributed by atoms with Crippen molar-refractivity contribution in [2.75, 3.05) is 10.6 Å². The Bertz CT molecular complexity index is 1240. The Labute approximate surface area is 194 Å². The third-order valence-electron chi connectivity index (χ3n) is 8.04. The largest absolute Gasteiger partial charge is 0.378 e. The summed E-state index contributed by atoms with van der Waals surface area (Å²) >= 11 is 0. The van der Waals surface area contributed by atoms with E-state index in [1.54, 1.807) is 18.2 Å². The number of Topliss-reactive ketones (excluding diaryl/α,β-unsaturated/α-hetero) is 1. The highest BCUT2D eigenvalue weighted by atomic mass is 16.1. The van der Waals surface area contributed by atoms with E-state index in [2.05, 4.69) is 53.1 Å². The van der Waals surface area contributed by atoms with Crippen LogP contribution in [0.2, 0.25) is 0 Å². The molecule has 1 amide bonds. The van der Waals surface area contributed by atoms with Gasteiger partial charge in [-0.25, -0.2) is 0 Å². The van der Waals surface area contributed by atoms with Crippen molar-refractivity contribution >= 4 is 23.1 Å². The van der Waals surface area contributed by atoms with Gasteiger partial charge >= 0.3 is 0 Å². The van der Waals surface area contributed by atoms with Gasteiger partial charge in [-0.15, -0.1) is 0 Å². The van der Waals surface area contributed by atoms with Crippen molar-refractivity contribution in [2.45, 2.75) is 38.1 Å². The summed E-state index contributed by atoms with van der Waals surface area (Å²) in [5.74, 6) is 2.38. The molecule has 1 heterocycles. The molecule has 4 heteroatoms. The van der Waals surface area contributed by atoms with E-state index < -0.39 is 0 Å². The van der Waals surface area contributed by atoms with Gasteiger partial charge in [-0.1, -0.05) is 42.5 Å². The van der Waals surface area contributed by atoms with Crippen molar-refractivity contribution in [3.63, 3.8) is 0 Å². The molecule has 6 rings (SSSR count). The fourth-order valence-electron chi connectivity index (χ4n) is 6.64. The van der Waals surface area contributed by atoms with Gasteiger partial charge in [0.1, 0.15) is 0 Å². The molecule has 2 aliphatic carbocycles. The number of nitrogens with one attached hydrogen (secondary N) is 2. The first-order valence-electron chi connectivity index (χ1n) is 12.0. The SMILES string of the molecule is CC(=O)c1cccc(NC(=O)c2ccc3c(c2)[C@H]2[C@H]4CC[C@@H](C4)[C@@H]2[C@H](c2ccccc2)N3)c1. The van der Waals surface area contributed by atoms with Gasteiger partial charge in [0.2, 0.25) is 0 Å². The molecule has 3 aromatic rings. The fraction of sp³-hybridized carbons (Fsp3) is 0.310. The maximum atomic E-state index is 13.1. The molecular weight excluding hydrogens is 408 g/mol. The quantitative estimate of drug-likeness (QED) is 0.463. The molecule has 0 unspecified atom stereocenters. The van der Waals surface area contributed by atoms with Crippen molar-refractivity contribution in [3.8, 4) is 0 Å². The molecule has 3 aliphatic rings. The van der Waals surface area contributed by atoms with Gasteiger partial charge in [0.05, 0.1) is 6.04 Å². The number of fused-ring (bicyclic) bond motifs is 7. The summed E-state index contributed by atoms with van der Waals surface area (Å²) in [6.45, 7) is 1.53. The molecule has 2 N–H and O–H groups in total. The predicted molar refractivity (Wildman–Crippen MR) is 131 cm³/mol. The Morgan fingerprint density at radius 2 is 1.70 bits per heavy atom. The maximum absolute atomic E-state index is 13.1.